The van der Waals surface area contributed by atoms with E-state index >= 15 is 0 Å². The number of amides is 3. The van der Waals surface area contributed by atoms with Crippen LogP contribution in [0, 0.1) is 13.8 Å². The summed E-state index contributed by atoms with van der Waals surface area (Å²) in [7, 11) is 0. The fourth-order valence-electron chi connectivity index (χ4n) is 4.94. The number of benzene rings is 2. The first kappa shape index (κ1) is 26.4. The highest BCUT2D eigenvalue weighted by molar-refractivity contribution is 6.46. The number of rotatable bonds is 5. The number of primary amides is 1. The minimum absolute atomic E-state index is 0.0600. The third-order valence-corrected chi connectivity index (χ3v) is 7.05. The molecule has 0 atom stereocenters. The smallest absolute Gasteiger partial charge is 0.300 e. The number of anilines is 2. The third kappa shape index (κ3) is 5.22. The second kappa shape index (κ2) is 10.9. The van der Waals surface area contributed by atoms with Crippen LogP contribution >= 0.6 is 0 Å². The summed E-state index contributed by atoms with van der Waals surface area (Å²) in [5.41, 5.74) is 12.5. The number of nitrogens with two attached hydrogens (primary N) is 1. The van der Waals surface area contributed by atoms with Gasteiger partial charge in [0.2, 0.25) is 5.91 Å². The Kier molecular flexibility index (Phi) is 7.20. The Labute approximate surface area is 230 Å². The summed E-state index contributed by atoms with van der Waals surface area (Å²) in [6.07, 6.45) is 6.90. The molecule has 1 aliphatic heterocycles. The predicted octanol–water partition coefficient (Wildman–Crippen LogP) is 4.81. The first-order valence-electron chi connectivity index (χ1n) is 12.9. The lowest BCUT2D eigenvalue weighted by Gasteiger charge is -2.04. The van der Waals surface area contributed by atoms with Crippen molar-refractivity contribution in [1.29, 1.82) is 0 Å². The summed E-state index contributed by atoms with van der Waals surface area (Å²) in [5, 5.41) is 5.33. The second-order valence-electron chi connectivity index (χ2n) is 9.68. The molecule has 3 heterocycles. The Morgan fingerprint density at radius 3 is 2.38 bits per heavy atom. The molecule has 0 fully saturated rings. The largest absolute Gasteiger partial charge is 0.461 e. The zero-order valence-corrected chi connectivity index (χ0v) is 22.1. The van der Waals surface area contributed by atoms with Crippen LogP contribution in [0.5, 0.6) is 0 Å². The highest BCUT2D eigenvalue weighted by Gasteiger charge is 2.27. The maximum Gasteiger partial charge on any atom is 0.300 e. The van der Waals surface area contributed by atoms with Crippen molar-refractivity contribution in [3.8, 4) is 0 Å². The molecule has 2 aromatic heterocycles. The third-order valence-electron chi connectivity index (χ3n) is 7.05. The second-order valence-corrected chi connectivity index (χ2v) is 9.68. The number of hydrogen-bond acceptors (Lipinski definition) is 5. The average molecular weight is 537 g/mol. The number of ketones is 1. The minimum atomic E-state index is -0.839. The van der Waals surface area contributed by atoms with Crippen molar-refractivity contribution in [3.63, 3.8) is 0 Å². The van der Waals surface area contributed by atoms with Gasteiger partial charge in [0.1, 0.15) is 0 Å². The lowest BCUT2D eigenvalue weighted by atomic mass is 10.0. The van der Waals surface area contributed by atoms with Gasteiger partial charge in [-0.25, -0.2) is 0 Å². The lowest BCUT2D eigenvalue weighted by molar-refractivity contribution is -0.112. The van der Waals surface area contributed by atoms with Crippen molar-refractivity contribution < 1.29 is 23.6 Å². The number of carbonyl (C=O) groups excluding carboxylic acids is 4. The van der Waals surface area contributed by atoms with Crippen LogP contribution in [0.25, 0.3) is 11.6 Å². The van der Waals surface area contributed by atoms with Crippen molar-refractivity contribution in [2.75, 3.05) is 10.6 Å². The van der Waals surface area contributed by atoms with Gasteiger partial charge < -0.3 is 25.8 Å². The van der Waals surface area contributed by atoms with Gasteiger partial charge >= 0.3 is 0 Å². The van der Waals surface area contributed by atoms with E-state index in [4.69, 9.17) is 10.2 Å². The number of H-pyrrole nitrogens is 1. The molecular formula is C31H28N4O5. The van der Waals surface area contributed by atoms with Crippen LogP contribution < -0.4 is 16.4 Å². The molecule has 2 aliphatic rings. The number of fused-ring (bicyclic) bond motifs is 2. The van der Waals surface area contributed by atoms with E-state index in [9.17, 15) is 19.2 Å². The number of hydrogen-bond donors (Lipinski definition) is 4. The van der Waals surface area contributed by atoms with Crippen LogP contribution in [-0.4, -0.2) is 28.5 Å². The van der Waals surface area contributed by atoms with E-state index in [-0.39, 0.29) is 17.2 Å². The van der Waals surface area contributed by atoms with Crippen LogP contribution in [0.15, 0.2) is 65.3 Å². The monoisotopic (exact) mass is 536 g/mol. The van der Waals surface area contributed by atoms with Gasteiger partial charge in [0.05, 0.1) is 17.5 Å². The number of furan rings is 1. The number of aryl methyl sites for hydroxylation is 3. The Morgan fingerprint density at radius 1 is 1.00 bits per heavy atom. The van der Waals surface area contributed by atoms with Crippen molar-refractivity contribution in [2.24, 2.45) is 5.73 Å². The van der Waals surface area contributed by atoms with Gasteiger partial charge in [-0.1, -0.05) is 24.3 Å². The van der Waals surface area contributed by atoms with E-state index in [2.05, 4.69) is 39.9 Å². The van der Waals surface area contributed by atoms with Gasteiger partial charge in [-0.2, -0.15) is 0 Å². The van der Waals surface area contributed by atoms with E-state index < -0.39 is 17.6 Å². The summed E-state index contributed by atoms with van der Waals surface area (Å²) in [6.45, 7) is 3.48. The van der Waals surface area contributed by atoms with E-state index in [1.165, 1.54) is 43.7 Å². The van der Waals surface area contributed by atoms with E-state index in [1.54, 1.807) is 43.2 Å². The van der Waals surface area contributed by atoms with Crippen molar-refractivity contribution in [2.45, 2.75) is 33.1 Å². The van der Waals surface area contributed by atoms with Gasteiger partial charge in [-0.05, 0) is 86.2 Å². The Hall–Kier alpha value is -5.18. The Bertz CT molecular complexity index is 1650. The van der Waals surface area contributed by atoms with Crippen LogP contribution in [-0.2, 0) is 22.4 Å². The molecule has 0 saturated heterocycles. The predicted molar refractivity (Wildman–Crippen MR) is 152 cm³/mol. The standard InChI is InChI=1S/C22H18N4O5.C9H10/c1-10-16(9-14-13-8-12(20(23)28)5-6-15(13)25-21(14)29)24-11(2)18(10)26-22(30)19(27)17-4-3-7-31-17;1-2-5-9-7-3-6-8(9)4-1/h3-9,24H,1-2H3,(H2,23,28)(H,25,29)(H,26,30);1-2,4-5H,3,6-7H2/b14-9-;. The molecule has 9 heteroatoms. The zero-order valence-electron chi connectivity index (χ0n) is 22.1. The molecule has 5 N–H and O–H groups in total. The molecule has 0 saturated carbocycles. The molecule has 40 heavy (non-hydrogen) atoms. The molecule has 9 nitrogen and oxygen atoms in total. The molecule has 1 aliphatic carbocycles. The van der Waals surface area contributed by atoms with Crippen molar-refractivity contribution in [1.82, 2.24) is 4.98 Å². The fourth-order valence-corrected chi connectivity index (χ4v) is 4.94. The number of aromatic nitrogens is 1. The van der Waals surface area contributed by atoms with Crippen LogP contribution in [0.1, 0.15) is 61.0 Å². The van der Waals surface area contributed by atoms with Crippen LogP contribution in [0.4, 0.5) is 11.4 Å². The number of Topliss-reactive ketones (excluding diaryl/α,β-unsaturated/α-hetero) is 1. The van der Waals surface area contributed by atoms with Gasteiger partial charge in [0.25, 0.3) is 17.6 Å². The molecule has 0 bridgehead atoms. The highest BCUT2D eigenvalue weighted by atomic mass is 16.3. The fraction of sp³-hybridized carbons (Fsp3) is 0.161. The number of aromatic amines is 1. The van der Waals surface area contributed by atoms with Gasteiger partial charge in [-0.15, -0.1) is 0 Å². The van der Waals surface area contributed by atoms with E-state index in [0.29, 0.717) is 39.5 Å². The molecule has 2 aromatic carbocycles. The maximum atomic E-state index is 12.5. The summed E-state index contributed by atoms with van der Waals surface area (Å²) >= 11 is 0. The summed E-state index contributed by atoms with van der Waals surface area (Å²) < 4.78 is 4.98. The molecule has 202 valence electrons. The number of nitrogens with one attached hydrogen (secondary N) is 3. The summed E-state index contributed by atoms with van der Waals surface area (Å²) in [5.74, 6) is -2.63. The molecule has 4 aromatic rings. The Morgan fingerprint density at radius 2 is 1.73 bits per heavy atom. The van der Waals surface area contributed by atoms with Crippen molar-refractivity contribution >= 4 is 46.5 Å². The summed E-state index contributed by atoms with van der Waals surface area (Å²) in [4.78, 5) is 51.6. The first-order valence-corrected chi connectivity index (χ1v) is 12.9. The topological polar surface area (TPSA) is 147 Å². The molecule has 3 amide bonds. The maximum absolute atomic E-state index is 12.5. The number of carbonyl (C=O) groups is 4. The first-order chi connectivity index (χ1) is 19.2. The van der Waals surface area contributed by atoms with Gasteiger partial charge in [0.15, 0.2) is 5.76 Å². The van der Waals surface area contributed by atoms with Crippen LogP contribution in [0.2, 0.25) is 0 Å². The van der Waals surface area contributed by atoms with Gasteiger partial charge in [-0.3, -0.25) is 19.2 Å². The molecule has 0 radical (unpaired) electrons. The van der Waals surface area contributed by atoms with Crippen LogP contribution in [0.3, 0.4) is 0 Å². The highest BCUT2D eigenvalue weighted by Crippen LogP contribution is 2.35. The molecule has 6 rings (SSSR count). The molecule has 0 spiro atoms. The lowest BCUT2D eigenvalue weighted by Crippen LogP contribution is -2.23. The summed E-state index contributed by atoms with van der Waals surface area (Å²) in [6, 6.07) is 16.4. The zero-order chi connectivity index (χ0) is 28.4. The molecular weight excluding hydrogens is 508 g/mol. The normalized spacial score (nSPS) is 14.2. The van der Waals surface area contributed by atoms with Gasteiger partial charge in [0, 0.05) is 28.2 Å². The SMILES string of the molecule is Cc1[nH]c(/C=C2\C(=O)Nc3ccc(C(N)=O)cc32)c(C)c1NC(=O)C(=O)c1ccco1.c1ccc2c(c1)CCC2. The molecule has 0 unspecified atom stereocenters. The Balaban J connectivity index is 0.000000301. The quantitative estimate of drug-likeness (QED) is 0.164. The minimum Gasteiger partial charge on any atom is -0.461 e. The van der Waals surface area contributed by atoms with E-state index in [1.807, 2.05) is 0 Å². The average Bonchev–Trinajstić information content (AvgIpc) is 3.74. The van der Waals surface area contributed by atoms with E-state index in [0.717, 1.165) is 0 Å². The van der Waals surface area contributed by atoms with Crippen molar-refractivity contribution in [3.05, 3.63) is 106 Å².